The Morgan fingerprint density at radius 3 is 3.10 bits per heavy atom. The Balaban J connectivity index is 2.15. The average molecular weight is 220 g/mol. The number of hydrogen-bond acceptors (Lipinski definition) is 2. The van der Waals surface area contributed by atoms with E-state index in [-0.39, 0.29) is 0 Å². The second-order valence-electron chi connectivity index (χ2n) is 2.00. The zero-order valence-electron chi connectivity index (χ0n) is 5.64. The van der Waals surface area contributed by atoms with Gasteiger partial charge in [-0.25, -0.2) is 0 Å². The first kappa shape index (κ1) is 8.24. The summed E-state index contributed by atoms with van der Waals surface area (Å²) in [6.07, 6.45) is 0. The Morgan fingerprint density at radius 2 is 2.50 bits per heavy atom. The summed E-state index contributed by atoms with van der Waals surface area (Å²) < 4.78 is 0. The summed E-state index contributed by atoms with van der Waals surface area (Å²) in [4.78, 5) is 0. The summed E-state index contributed by atoms with van der Waals surface area (Å²) in [6, 6.07) is 2.14. The van der Waals surface area contributed by atoms with Gasteiger partial charge in [0.2, 0.25) is 0 Å². The molecule has 0 aliphatic carbocycles. The highest BCUT2D eigenvalue weighted by atomic mass is 79.9. The first-order chi connectivity index (χ1) is 4.93. The topological polar surface area (TPSA) is 12.0 Å². The van der Waals surface area contributed by atoms with Crippen LogP contribution in [-0.4, -0.2) is 11.9 Å². The number of alkyl halides is 1. The Bertz CT molecular complexity index is 162. The fourth-order valence-electron chi connectivity index (χ4n) is 0.693. The lowest BCUT2D eigenvalue weighted by Gasteiger charge is -1.97. The minimum absolute atomic E-state index is 0.995. The summed E-state index contributed by atoms with van der Waals surface area (Å²) >= 11 is 5.10. The fourth-order valence-corrected chi connectivity index (χ4v) is 1.64. The summed E-state index contributed by atoms with van der Waals surface area (Å²) in [5.41, 5.74) is 1.38. The Kier molecular flexibility index (Phi) is 4.02. The molecule has 0 aliphatic heterocycles. The van der Waals surface area contributed by atoms with Crippen LogP contribution in [0, 0.1) is 0 Å². The van der Waals surface area contributed by atoms with E-state index >= 15 is 0 Å². The molecule has 1 aromatic rings. The molecule has 1 N–H and O–H groups in total. The summed E-state index contributed by atoms with van der Waals surface area (Å²) in [5.74, 6) is 0. The van der Waals surface area contributed by atoms with Crippen molar-refractivity contribution in [3.8, 4) is 0 Å². The van der Waals surface area contributed by atoms with E-state index in [1.165, 1.54) is 5.56 Å². The molecule has 0 bridgehead atoms. The van der Waals surface area contributed by atoms with Crippen molar-refractivity contribution >= 4 is 27.3 Å². The van der Waals surface area contributed by atoms with Crippen LogP contribution in [0.15, 0.2) is 16.8 Å². The molecule has 1 nitrogen and oxygen atoms in total. The van der Waals surface area contributed by atoms with Gasteiger partial charge in [0.25, 0.3) is 0 Å². The van der Waals surface area contributed by atoms with Crippen molar-refractivity contribution in [2.45, 2.75) is 6.54 Å². The third-order valence-electron chi connectivity index (χ3n) is 1.18. The highest BCUT2D eigenvalue weighted by Crippen LogP contribution is 2.04. The largest absolute Gasteiger partial charge is 0.312 e. The van der Waals surface area contributed by atoms with Crippen LogP contribution in [0.4, 0.5) is 0 Å². The maximum Gasteiger partial charge on any atom is 0.0214 e. The molecule has 0 unspecified atom stereocenters. The van der Waals surface area contributed by atoms with Crippen LogP contribution >= 0.6 is 27.3 Å². The molecule has 1 aromatic heterocycles. The summed E-state index contributed by atoms with van der Waals surface area (Å²) in [6.45, 7) is 2.03. The van der Waals surface area contributed by atoms with Gasteiger partial charge in [0.15, 0.2) is 0 Å². The van der Waals surface area contributed by atoms with E-state index in [1.807, 2.05) is 0 Å². The van der Waals surface area contributed by atoms with Crippen molar-refractivity contribution in [3.05, 3.63) is 22.4 Å². The monoisotopic (exact) mass is 219 g/mol. The standard InChI is InChI=1S/C7H10BrNS/c8-2-3-9-5-7-1-4-10-6-7/h1,4,6,9H,2-3,5H2. The molecule has 3 heteroatoms. The van der Waals surface area contributed by atoms with Crippen molar-refractivity contribution in [2.24, 2.45) is 0 Å². The first-order valence-electron chi connectivity index (χ1n) is 3.21. The molecule has 0 radical (unpaired) electrons. The minimum Gasteiger partial charge on any atom is -0.312 e. The Hall–Kier alpha value is 0.140. The maximum absolute atomic E-state index is 3.35. The smallest absolute Gasteiger partial charge is 0.0214 e. The third-order valence-corrected chi connectivity index (χ3v) is 2.31. The van der Waals surface area contributed by atoms with Crippen LogP contribution < -0.4 is 5.32 Å². The number of halogens is 1. The second-order valence-corrected chi connectivity index (χ2v) is 3.57. The molecular formula is C7H10BrNS. The van der Waals surface area contributed by atoms with Gasteiger partial charge in [-0.2, -0.15) is 11.3 Å². The molecule has 0 fully saturated rings. The van der Waals surface area contributed by atoms with Crippen molar-refractivity contribution in [1.82, 2.24) is 5.32 Å². The predicted molar refractivity (Wildman–Crippen MR) is 49.8 cm³/mol. The highest BCUT2D eigenvalue weighted by Gasteiger charge is 1.89. The normalized spacial score (nSPS) is 10.1. The van der Waals surface area contributed by atoms with Crippen LogP contribution in [0.5, 0.6) is 0 Å². The average Bonchev–Trinajstić information content (AvgIpc) is 2.41. The molecule has 0 atom stereocenters. The van der Waals surface area contributed by atoms with Crippen LogP contribution in [-0.2, 0) is 6.54 Å². The highest BCUT2D eigenvalue weighted by molar-refractivity contribution is 9.09. The molecule has 56 valence electrons. The van der Waals surface area contributed by atoms with E-state index in [0.29, 0.717) is 0 Å². The zero-order chi connectivity index (χ0) is 7.23. The lowest BCUT2D eigenvalue weighted by molar-refractivity contribution is 0.736. The predicted octanol–water partition coefficient (Wildman–Crippen LogP) is 2.23. The van der Waals surface area contributed by atoms with E-state index in [1.54, 1.807) is 11.3 Å². The van der Waals surface area contributed by atoms with Crippen LogP contribution in [0.25, 0.3) is 0 Å². The van der Waals surface area contributed by atoms with Gasteiger partial charge in [-0.3, -0.25) is 0 Å². The minimum atomic E-state index is 0.995. The molecule has 0 aromatic carbocycles. The number of hydrogen-bond donors (Lipinski definition) is 1. The van der Waals surface area contributed by atoms with Crippen molar-refractivity contribution in [2.75, 3.05) is 11.9 Å². The Morgan fingerprint density at radius 1 is 1.60 bits per heavy atom. The van der Waals surface area contributed by atoms with E-state index in [0.717, 1.165) is 18.4 Å². The molecule has 1 heterocycles. The van der Waals surface area contributed by atoms with Gasteiger partial charge in [-0.1, -0.05) is 15.9 Å². The molecule has 0 saturated carbocycles. The van der Waals surface area contributed by atoms with Crippen molar-refractivity contribution in [3.63, 3.8) is 0 Å². The molecule has 0 amide bonds. The van der Waals surface area contributed by atoms with Crippen molar-refractivity contribution in [1.29, 1.82) is 0 Å². The molecule has 10 heavy (non-hydrogen) atoms. The number of rotatable bonds is 4. The van der Waals surface area contributed by atoms with E-state index in [2.05, 4.69) is 38.1 Å². The van der Waals surface area contributed by atoms with Crippen molar-refractivity contribution < 1.29 is 0 Å². The molecule has 1 rings (SSSR count). The Labute approximate surface area is 73.6 Å². The first-order valence-corrected chi connectivity index (χ1v) is 5.27. The van der Waals surface area contributed by atoms with Gasteiger partial charge >= 0.3 is 0 Å². The van der Waals surface area contributed by atoms with E-state index in [9.17, 15) is 0 Å². The second kappa shape index (κ2) is 4.88. The van der Waals surface area contributed by atoms with Gasteiger partial charge in [0, 0.05) is 18.4 Å². The number of thiophene rings is 1. The molecular weight excluding hydrogens is 210 g/mol. The molecule has 0 aliphatic rings. The van der Waals surface area contributed by atoms with Crippen LogP contribution in [0.3, 0.4) is 0 Å². The van der Waals surface area contributed by atoms with Gasteiger partial charge in [-0.05, 0) is 22.4 Å². The third kappa shape index (κ3) is 2.82. The summed E-state index contributed by atoms with van der Waals surface area (Å²) in [5, 5.41) is 8.59. The van der Waals surface area contributed by atoms with Crippen LogP contribution in [0.1, 0.15) is 5.56 Å². The van der Waals surface area contributed by atoms with E-state index < -0.39 is 0 Å². The zero-order valence-corrected chi connectivity index (χ0v) is 8.04. The molecule has 0 spiro atoms. The lowest BCUT2D eigenvalue weighted by Crippen LogP contribution is -2.14. The summed E-state index contributed by atoms with van der Waals surface area (Å²) in [7, 11) is 0. The van der Waals surface area contributed by atoms with E-state index in [4.69, 9.17) is 0 Å². The quantitative estimate of drug-likeness (QED) is 0.606. The number of nitrogens with one attached hydrogen (secondary N) is 1. The maximum atomic E-state index is 3.35. The van der Waals surface area contributed by atoms with Crippen LogP contribution in [0.2, 0.25) is 0 Å². The SMILES string of the molecule is BrCCNCc1ccsc1. The van der Waals surface area contributed by atoms with Gasteiger partial charge in [0.05, 0.1) is 0 Å². The van der Waals surface area contributed by atoms with Gasteiger partial charge in [-0.15, -0.1) is 0 Å². The molecule has 0 saturated heterocycles. The van der Waals surface area contributed by atoms with Gasteiger partial charge in [0.1, 0.15) is 0 Å². The lowest BCUT2D eigenvalue weighted by atomic mass is 10.3. The fraction of sp³-hybridized carbons (Fsp3) is 0.429. The van der Waals surface area contributed by atoms with Gasteiger partial charge < -0.3 is 5.32 Å².